The van der Waals surface area contributed by atoms with E-state index in [1.165, 1.54) is 19.2 Å². The Morgan fingerprint density at radius 3 is 2.14 bits per heavy atom. The molecule has 0 spiro atoms. The van der Waals surface area contributed by atoms with Gasteiger partial charge in [-0.25, -0.2) is 13.8 Å². The van der Waals surface area contributed by atoms with Gasteiger partial charge in [-0.15, -0.1) is 0 Å². The molecule has 0 aliphatic rings. The molecular weight excluding hydrogens is 490 g/mol. The molecule has 3 rings (SSSR count). The summed E-state index contributed by atoms with van der Waals surface area (Å²) in [6.45, 7) is 7.28. The number of sulfonamides is 1. The van der Waals surface area contributed by atoms with Crippen molar-refractivity contribution in [2.45, 2.75) is 38.5 Å². The maximum atomic E-state index is 13.6. The molecule has 0 unspecified atom stereocenters. The molecule has 0 fully saturated rings. The number of hydrogen-bond donors (Lipinski definition) is 1. The van der Waals surface area contributed by atoms with E-state index in [0.717, 1.165) is 15.4 Å². The van der Waals surface area contributed by atoms with Crippen molar-refractivity contribution in [2.75, 3.05) is 25.1 Å². The molecule has 0 saturated carbocycles. The van der Waals surface area contributed by atoms with Crippen LogP contribution in [0, 0.1) is 6.92 Å². The van der Waals surface area contributed by atoms with Crippen LogP contribution in [-0.4, -0.2) is 40.8 Å². The molecule has 0 aliphatic carbocycles. The van der Waals surface area contributed by atoms with Crippen LogP contribution >= 0.6 is 0 Å². The number of anilines is 1. The molecule has 0 aliphatic heterocycles. The van der Waals surface area contributed by atoms with Crippen LogP contribution in [0.15, 0.2) is 76.7 Å². The number of hydrazone groups is 1. The van der Waals surface area contributed by atoms with Crippen molar-refractivity contribution in [2.24, 2.45) is 5.10 Å². The number of hydrogen-bond acceptors (Lipinski definition) is 6. The van der Waals surface area contributed by atoms with Crippen molar-refractivity contribution >= 4 is 27.3 Å². The SMILES string of the molecule is COc1ccc(/C(C)=N\NC(=O)CN(c2ccc(C(C)C)cc2)S(=O)(=O)c2ccc(C)cc2)cc1OC. The third-order valence-corrected chi connectivity index (χ3v) is 7.68. The number of nitrogens with zero attached hydrogens (tertiary/aromatic N) is 2. The van der Waals surface area contributed by atoms with Crippen LogP contribution in [0.3, 0.4) is 0 Å². The van der Waals surface area contributed by atoms with E-state index < -0.39 is 22.5 Å². The van der Waals surface area contributed by atoms with E-state index >= 15 is 0 Å². The molecular formula is C28H33N3O5S. The summed E-state index contributed by atoms with van der Waals surface area (Å²) in [4.78, 5) is 13.0. The first kappa shape index (κ1) is 27.7. The van der Waals surface area contributed by atoms with Gasteiger partial charge < -0.3 is 9.47 Å². The number of methoxy groups -OCH3 is 2. The average molecular weight is 524 g/mol. The minimum absolute atomic E-state index is 0.101. The highest BCUT2D eigenvalue weighted by atomic mass is 32.2. The molecule has 0 bridgehead atoms. The fourth-order valence-corrected chi connectivity index (χ4v) is 5.04. The van der Waals surface area contributed by atoms with E-state index in [9.17, 15) is 13.2 Å². The number of aryl methyl sites for hydroxylation is 1. The molecule has 3 aromatic carbocycles. The lowest BCUT2D eigenvalue weighted by molar-refractivity contribution is -0.119. The van der Waals surface area contributed by atoms with Crippen molar-refractivity contribution in [3.05, 3.63) is 83.4 Å². The quantitative estimate of drug-likeness (QED) is 0.302. The third-order valence-electron chi connectivity index (χ3n) is 5.89. The van der Waals surface area contributed by atoms with Gasteiger partial charge in [-0.2, -0.15) is 5.10 Å². The lowest BCUT2D eigenvalue weighted by atomic mass is 10.0. The Morgan fingerprint density at radius 1 is 0.946 bits per heavy atom. The number of amides is 1. The Hall–Kier alpha value is -3.85. The highest BCUT2D eigenvalue weighted by Gasteiger charge is 2.27. The Balaban J connectivity index is 1.88. The van der Waals surface area contributed by atoms with Crippen LogP contribution < -0.4 is 19.2 Å². The number of carbonyl (C=O) groups is 1. The van der Waals surface area contributed by atoms with E-state index in [4.69, 9.17) is 9.47 Å². The molecule has 8 nitrogen and oxygen atoms in total. The van der Waals surface area contributed by atoms with Gasteiger partial charge in [0.05, 0.1) is 30.5 Å². The molecule has 0 aromatic heterocycles. The predicted molar refractivity (Wildman–Crippen MR) is 146 cm³/mol. The van der Waals surface area contributed by atoms with Crippen molar-refractivity contribution in [3.63, 3.8) is 0 Å². The van der Waals surface area contributed by atoms with E-state index in [1.807, 2.05) is 19.1 Å². The maximum absolute atomic E-state index is 13.6. The van der Waals surface area contributed by atoms with Crippen molar-refractivity contribution in [1.29, 1.82) is 0 Å². The summed E-state index contributed by atoms with van der Waals surface area (Å²) in [7, 11) is -0.931. The maximum Gasteiger partial charge on any atom is 0.264 e. The van der Waals surface area contributed by atoms with Gasteiger partial charge >= 0.3 is 0 Å². The van der Waals surface area contributed by atoms with E-state index in [0.29, 0.717) is 28.5 Å². The van der Waals surface area contributed by atoms with Gasteiger partial charge in [-0.1, -0.05) is 43.7 Å². The van der Waals surface area contributed by atoms with Gasteiger partial charge in [-0.3, -0.25) is 9.10 Å². The summed E-state index contributed by atoms with van der Waals surface area (Å²) < 4.78 is 38.8. The third kappa shape index (κ3) is 6.68. The Bertz CT molecular complexity index is 1370. The fraction of sp³-hybridized carbons (Fsp3) is 0.286. The number of ether oxygens (including phenoxy) is 2. The summed E-state index contributed by atoms with van der Waals surface area (Å²) in [5, 5.41) is 4.17. The average Bonchev–Trinajstić information content (AvgIpc) is 2.90. The number of nitrogens with one attached hydrogen (secondary N) is 1. The van der Waals surface area contributed by atoms with Gasteiger partial charge in [0.15, 0.2) is 11.5 Å². The summed E-state index contributed by atoms with van der Waals surface area (Å²) >= 11 is 0. The van der Waals surface area contributed by atoms with Crippen LogP contribution in [-0.2, 0) is 14.8 Å². The van der Waals surface area contributed by atoms with Crippen molar-refractivity contribution in [1.82, 2.24) is 5.43 Å². The smallest absolute Gasteiger partial charge is 0.264 e. The van der Waals surface area contributed by atoms with Gasteiger partial charge in [0.25, 0.3) is 15.9 Å². The second-order valence-electron chi connectivity index (χ2n) is 8.87. The standard InChI is InChI=1S/C28H33N3O5S/c1-19(2)22-9-12-24(13-10-22)31(37(33,34)25-14-7-20(3)8-15-25)18-28(32)30-29-21(4)23-11-16-26(35-5)27(17-23)36-6/h7-17,19H,18H2,1-6H3,(H,30,32)/b29-21-. The Morgan fingerprint density at radius 2 is 1.57 bits per heavy atom. The first-order chi connectivity index (χ1) is 17.6. The summed E-state index contributed by atoms with van der Waals surface area (Å²) in [5.41, 5.74) is 6.10. The minimum Gasteiger partial charge on any atom is -0.493 e. The Kier molecular flexibility index (Phi) is 8.94. The second-order valence-corrected chi connectivity index (χ2v) is 10.7. The van der Waals surface area contributed by atoms with Crippen LogP contribution in [0.5, 0.6) is 11.5 Å². The largest absolute Gasteiger partial charge is 0.493 e. The predicted octanol–water partition coefficient (Wildman–Crippen LogP) is 4.87. The van der Waals surface area contributed by atoms with Crippen LogP contribution in [0.4, 0.5) is 5.69 Å². The van der Waals surface area contributed by atoms with E-state index in [2.05, 4.69) is 24.4 Å². The van der Waals surface area contributed by atoms with Gasteiger partial charge in [0.2, 0.25) is 0 Å². The zero-order valence-corrected chi connectivity index (χ0v) is 22.8. The molecule has 0 atom stereocenters. The summed E-state index contributed by atoms with van der Waals surface area (Å²) in [5.74, 6) is 0.807. The lowest BCUT2D eigenvalue weighted by Crippen LogP contribution is -2.39. The van der Waals surface area contributed by atoms with Gasteiger partial charge in [-0.05, 0) is 67.8 Å². The van der Waals surface area contributed by atoms with Gasteiger partial charge in [0.1, 0.15) is 6.54 Å². The minimum atomic E-state index is -4.01. The second kappa shape index (κ2) is 11.9. The van der Waals surface area contributed by atoms with Crippen molar-refractivity contribution in [3.8, 4) is 11.5 Å². The number of rotatable bonds is 10. The van der Waals surface area contributed by atoms with Crippen molar-refractivity contribution < 1.29 is 22.7 Å². The first-order valence-corrected chi connectivity index (χ1v) is 13.3. The van der Waals surface area contributed by atoms with E-state index in [-0.39, 0.29) is 10.8 Å². The molecule has 0 radical (unpaired) electrons. The number of carbonyl (C=O) groups excluding carboxylic acids is 1. The molecule has 196 valence electrons. The highest BCUT2D eigenvalue weighted by Crippen LogP contribution is 2.28. The zero-order chi connectivity index (χ0) is 27.2. The Labute approximate surface area is 219 Å². The summed E-state index contributed by atoms with van der Waals surface area (Å²) in [6, 6.07) is 19.0. The lowest BCUT2D eigenvalue weighted by Gasteiger charge is -2.24. The first-order valence-electron chi connectivity index (χ1n) is 11.8. The molecule has 1 amide bonds. The van der Waals surface area contributed by atoms with Crippen LogP contribution in [0.2, 0.25) is 0 Å². The summed E-state index contributed by atoms with van der Waals surface area (Å²) in [6.07, 6.45) is 0. The normalized spacial score (nSPS) is 11.8. The molecule has 9 heteroatoms. The fourth-order valence-electron chi connectivity index (χ4n) is 3.62. The zero-order valence-electron chi connectivity index (χ0n) is 22.0. The molecule has 37 heavy (non-hydrogen) atoms. The molecule has 0 saturated heterocycles. The molecule has 3 aromatic rings. The molecule has 0 heterocycles. The van der Waals surface area contributed by atoms with Crippen LogP contribution in [0.25, 0.3) is 0 Å². The van der Waals surface area contributed by atoms with Gasteiger partial charge in [0, 0.05) is 5.56 Å². The highest BCUT2D eigenvalue weighted by molar-refractivity contribution is 7.92. The monoisotopic (exact) mass is 523 g/mol. The van der Waals surface area contributed by atoms with Crippen LogP contribution in [0.1, 0.15) is 43.4 Å². The molecule has 1 N–H and O–H groups in total. The van der Waals surface area contributed by atoms with E-state index in [1.54, 1.807) is 56.5 Å². The number of benzene rings is 3. The topological polar surface area (TPSA) is 97.3 Å².